The van der Waals surface area contributed by atoms with Crippen molar-refractivity contribution < 1.29 is 22.4 Å². The first-order valence-corrected chi connectivity index (χ1v) is 7.68. The number of nitrogens with zero attached hydrogens (tertiary/aromatic N) is 1. The number of hydrogen-bond acceptors (Lipinski definition) is 5. The molecule has 0 atom stereocenters. The standard InChI is InChI=1S/C12H17NO5S/c1-2-17-10-5-7-13(8-6-10)19(15,16)12-4-3-11(9-14)18-12/h3-4,9-10H,2,5-8H2,1H3. The smallest absolute Gasteiger partial charge is 0.276 e. The minimum absolute atomic E-state index is 0.0165. The molecule has 0 aromatic carbocycles. The third kappa shape index (κ3) is 3.05. The number of ether oxygens (including phenoxy) is 1. The van der Waals surface area contributed by atoms with E-state index >= 15 is 0 Å². The minimum atomic E-state index is -3.64. The Morgan fingerprint density at radius 2 is 2.11 bits per heavy atom. The first kappa shape index (κ1) is 14.2. The molecule has 2 heterocycles. The molecule has 1 aliphatic rings. The molecule has 7 heteroatoms. The molecule has 0 bridgehead atoms. The molecule has 1 aromatic heterocycles. The fourth-order valence-electron chi connectivity index (χ4n) is 2.14. The summed E-state index contributed by atoms with van der Waals surface area (Å²) in [6.07, 6.45) is 1.96. The average molecular weight is 287 g/mol. The molecule has 2 rings (SSSR count). The van der Waals surface area contributed by atoms with Gasteiger partial charge in [0.1, 0.15) is 0 Å². The molecule has 0 amide bonds. The Hall–Kier alpha value is -1.18. The number of carbonyl (C=O) groups excluding carboxylic acids is 1. The molecule has 19 heavy (non-hydrogen) atoms. The molecule has 106 valence electrons. The lowest BCUT2D eigenvalue weighted by Gasteiger charge is -2.30. The molecule has 6 nitrogen and oxygen atoms in total. The number of carbonyl (C=O) groups is 1. The topological polar surface area (TPSA) is 76.8 Å². The van der Waals surface area contributed by atoms with Gasteiger partial charge in [-0.25, -0.2) is 8.42 Å². The molecule has 0 saturated carbocycles. The number of aldehydes is 1. The zero-order valence-corrected chi connectivity index (χ0v) is 11.6. The highest BCUT2D eigenvalue weighted by Gasteiger charge is 2.31. The summed E-state index contributed by atoms with van der Waals surface area (Å²) in [6.45, 7) is 3.37. The fourth-order valence-corrected chi connectivity index (χ4v) is 3.53. The Labute approximate surface area is 112 Å². The van der Waals surface area contributed by atoms with Crippen LogP contribution in [0.4, 0.5) is 0 Å². The van der Waals surface area contributed by atoms with Gasteiger partial charge >= 0.3 is 0 Å². The summed E-state index contributed by atoms with van der Waals surface area (Å²) in [5.41, 5.74) is 0. The summed E-state index contributed by atoms with van der Waals surface area (Å²) in [5, 5.41) is -0.176. The van der Waals surface area contributed by atoms with Crippen molar-refractivity contribution in [3.8, 4) is 0 Å². The van der Waals surface area contributed by atoms with Crippen LogP contribution in [0.15, 0.2) is 21.6 Å². The maximum Gasteiger partial charge on any atom is 0.276 e. The van der Waals surface area contributed by atoms with Crippen LogP contribution in [0.5, 0.6) is 0 Å². The highest BCUT2D eigenvalue weighted by atomic mass is 32.2. The van der Waals surface area contributed by atoms with E-state index in [0.717, 1.165) is 0 Å². The van der Waals surface area contributed by atoms with Crippen molar-refractivity contribution in [1.82, 2.24) is 4.31 Å². The highest BCUT2D eigenvalue weighted by Crippen LogP contribution is 2.23. The second-order valence-electron chi connectivity index (χ2n) is 4.33. The summed E-state index contributed by atoms with van der Waals surface area (Å²) in [5.74, 6) is 0.0165. The van der Waals surface area contributed by atoms with Crippen LogP contribution < -0.4 is 0 Å². The summed E-state index contributed by atoms with van der Waals surface area (Å²) < 4.78 is 36.4. The molecule has 1 aromatic rings. The second-order valence-corrected chi connectivity index (χ2v) is 6.20. The van der Waals surface area contributed by atoms with Crippen molar-refractivity contribution in [1.29, 1.82) is 0 Å². The van der Waals surface area contributed by atoms with E-state index < -0.39 is 10.0 Å². The van der Waals surface area contributed by atoms with Gasteiger partial charge in [0.2, 0.25) is 5.09 Å². The maximum absolute atomic E-state index is 12.3. The van der Waals surface area contributed by atoms with Crippen molar-refractivity contribution in [2.24, 2.45) is 0 Å². The lowest BCUT2D eigenvalue weighted by Crippen LogP contribution is -2.40. The first-order chi connectivity index (χ1) is 9.07. The van der Waals surface area contributed by atoms with Gasteiger partial charge in [-0.1, -0.05) is 0 Å². The average Bonchev–Trinajstić information content (AvgIpc) is 2.89. The van der Waals surface area contributed by atoms with Crippen LogP contribution in [0.3, 0.4) is 0 Å². The van der Waals surface area contributed by atoms with E-state index in [9.17, 15) is 13.2 Å². The Morgan fingerprint density at radius 3 is 2.63 bits per heavy atom. The van der Waals surface area contributed by atoms with Crippen molar-refractivity contribution in [3.05, 3.63) is 17.9 Å². The molecule has 0 aliphatic carbocycles. The molecular weight excluding hydrogens is 270 g/mol. The van der Waals surface area contributed by atoms with E-state index in [1.807, 2.05) is 6.92 Å². The van der Waals surface area contributed by atoms with Gasteiger partial charge in [0.25, 0.3) is 10.0 Å². The van der Waals surface area contributed by atoms with E-state index in [1.165, 1.54) is 16.4 Å². The Kier molecular flexibility index (Phi) is 4.38. The normalized spacial score (nSPS) is 18.6. The summed E-state index contributed by atoms with van der Waals surface area (Å²) >= 11 is 0. The van der Waals surface area contributed by atoms with Gasteiger partial charge in [0.15, 0.2) is 12.0 Å². The monoisotopic (exact) mass is 287 g/mol. The van der Waals surface area contributed by atoms with Gasteiger partial charge in [-0.05, 0) is 31.9 Å². The van der Waals surface area contributed by atoms with Crippen LogP contribution >= 0.6 is 0 Å². The zero-order chi connectivity index (χ0) is 13.9. The lowest BCUT2D eigenvalue weighted by atomic mass is 10.1. The third-order valence-corrected chi connectivity index (χ3v) is 4.89. The number of furan rings is 1. The van der Waals surface area contributed by atoms with E-state index in [2.05, 4.69) is 0 Å². The van der Waals surface area contributed by atoms with Crippen LogP contribution in [-0.4, -0.2) is 44.8 Å². The van der Waals surface area contributed by atoms with Gasteiger partial charge in [0, 0.05) is 19.7 Å². The van der Waals surface area contributed by atoms with Crippen LogP contribution in [0.25, 0.3) is 0 Å². The quantitative estimate of drug-likeness (QED) is 0.762. The van der Waals surface area contributed by atoms with Crippen LogP contribution in [-0.2, 0) is 14.8 Å². The van der Waals surface area contributed by atoms with Crippen LogP contribution in [0, 0.1) is 0 Å². The predicted octanol–water partition coefficient (Wildman–Crippen LogP) is 1.28. The van der Waals surface area contributed by atoms with E-state index in [1.54, 1.807) is 0 Å². The van der Waals surface area contributed by atoms with Crippen LogP contribution in [0.2, 0.25) is 0 Å². The van der Waals surface area contributed by atoms with Gasteiger partial charge < -0.3 is 9.15 Å². The largest absolute Gasteiger partial charge is 0.440 e. The molecule has 0 N–H and O–H groups in total. The summed E-state index contributed by atoms with van der Waals surface area (Å²) in [4.78, 5) is 10.5. The van der Waals surface area contributed by atoms with Gasteiger partial charge in [-0.2, -0.15) is 4.31 Å². The van der Waals surface area contributed by atoms with Crippen molar-refractivity contribution in [2.75, 3.05) is 19.7 Å². The van der Waals surface area contributed by atoms with E-state index in [0.29, 0.717) is 38.8 Å². The van der Waals surface area contributed by atoms with Crippen molar-refractivity contribution in [2.45, 2.75) is 31.0 Å². The van der Waals surface area contributed by atoms with Crippen molar-refractivity contribution in [3.63, 3.8) is 0 Å². The Morgan fingerprint density at radius 1 is 1.42 bits per heavy atom. The third-order valence-electron chi connectivity index (χ3n) is 3.12. The fraction of sp³-hybridized carbons (Fsp3) is 0.583. The molecule has 1 aliphatic heterocycles. The SMILES string of the molecule is CCOC1CCN(S(=O)(=O)c2ccc(C=O)o2)CC1. The Balaban J connectivity index is 2.07. The molecule has 0 spiro atoms. The number of sulfonamides is 1. The number of piperidine rings is 1. The molecule has 1 saturated heterocycles. The molecule has 0 unspecified atom stereocenters. The summed E-state index contributed by atoms with van der Waals surface area (Å²) in [7, 11) is -3.64. The van der Waals surface area contributed by atoms with Crippen LogP contribution in [0.1, 0.15) is 30.3 Å². The molecule has 1 fully saturated rings. The minimum Gasteiger partial charge on any atom is -0.440 e. The van der Waals surface area contributed by atoms with Gasteiger partial charge in [-0.15, -0.1) is 0 Å². The van der Waals surface area contributed by atoms with E-state index in [4.69, 9.17) is 9.15 Å². The number of hydrogen-bond donors (Lipinski definition) is 0. The lowest BCUT2D eigenvalue weighted by molar-refractivity contribution is 0.0288. The number of rotatable bonds is 5. The van der Waals surface area contributed by atoms with Crippen molar-refractivity contribution >= 4 is 16.3 Å². The highest BCUT2D eigenvalue weighted by molar-refractivity contribution is 7.89. The van der Waals surface area contributed by atoms with Gasteiger partial charge in [0.05, 0.1) is 6.10 Å². The predicted molar refractivity (Wildman–Crippen MR) is 67.5 cm³/mol. The molecular formula is C12H17NO5S. The maximum atomic E-state index is 12.3. The summed E-state index contributed by atoms with van der Waals surface area (Å²) in [6, 6.07) is 2.67. The van der Waals surface area contributed by atoms with Gasteiger partial charge in [-0.3, -0.25) is 4.79 Å². The second kappa shape index (κ2) is 5.85. The van der Waals surface area contributed by atoms with E-state index in [-0.39, 0.29) is 17.0 Å². The molecule has 0 radical (unpaired) electrons. The zero-order valence-electron chi connectivity index (χ0n) is 10.7. The first-order valence-electron chi connectivity index (χ1n) is 6.24. The Bertz CT molecular complexity index is 528.